The lowest BCUT2D eigenvalue weighted by molar-refractivity contribution is 0.0508. The zero-order valence-electron chi connectivity index (χ0n) is 27.0. The van der Waals surface area contributed by atoms with Gasteiger partial charge in [0.1, 0.15) is 23.0 Å². The SMILES string of the molecule is Cc1nc2cc(-c3ncc(C(C)NC(=O)OC(C)(C)C)s3)c(N[C@H]3CCN4C(=O)OC[C@@H]4C3)cc2c(=O)n1Cc1ccc(C#N)cc1. The van der Waals surface area contributed by atoms with Gasteiger partial charge in [-0.05, 0) is 77.3 Å². The van der Waals surface area contributed by atoms with Crippen LogP contribution < -0.4 is 16.2 Å². The number of nitriles is 1. The van der Waals surface area contributed by atoms with Crippen molar-refractivity contribution in [1.29, 1.82) is 5.26 Å². The number of thiazole rings is 1. The minimum absolute atomic E-state index is 0.00198. The maximum Gasteiger partial charge on any atom is 0.410 e. The molecule has 4 aromatic rings. The number of carbonyl (C=O) groups excluding carboxylic acids is 2. The third-order valence-electron chi connectivity index (χ3n) is 8.33. The van der Waals surface area contributed by atoms with Crippen LogP contribution >= 0.6 is 11.3 Å². The van der Waals surface area contributed by atoms with Crippen LogP contribution in [0.15, 0.2) is 47.4 Å². The Morgan fingerprint density at radius 1 is 1.23 bits per heavy atom. The molecule has 6 rings (SSSR count). The topological polar surface area (TPSA) is 151 Å². The number of fused-ring (bicyclic) bond motifs is 2. The number of alkyl carbamates (subject to hydrolysis) is 1. The molecule has 2 amide bonds. The van der Waals surface area contributed by atoms with Gasteiger partial charge in [0.15, 0.2) is 0 Å². The predicted molar refractivity (Wildman–Crippen MR) is 178 cm³/mol. The number of rotatable bonds is 7. The molecule has 2 N–H and O–H groups in total. The lowest BCUT2D eigenvalue weighted by Crippen LogP contribution is -2.45. The van der Waals surface area contributed by atoms with Crippen molar-refractivity contribution in [2.75, 3.05) is 18.5 Å². The fourth-order valence-electron chi connectivity index (χ4n) is 5.95. The van der Waals surface area contributed by atoms with Crippen LogP contribution in [0.2, 0.25) is 0 Å². The predicted octanol–water partition coefficient (Wildman–Crippen LogP) is 5.73. The fourth-order valence-corrected chi connectivity index (χ4v) is 6.90. The van der Waals surface area contributed by atoms with Gasteiger partial charge in [-0.3, -0.25) is 9.36 Å². The molecule has 0 saturated carbocycles. The summed E-state index contributed by atoms with van der Waals surface area (Å²) < 4.78 is 12.3. The quantitative estimate of drug-likeness (QED) is 0.254. The average Bonchev–Trinajstić information content (AvgIpc) is 3.66. The number of cyclic esters (lactones) is 1. The van der Waals surface area contributed by atoms with Crippen molar-refractivity contribution in [2.45, 2.75) is 77.7 Å². The van der Waals surface area contributed by atoms with Gasteiger partial charge in [-0.2, -0.15) is 5.26 Å². The second-order valence-corrected chi connectivity index (χ2v) is 14.1. The molecule has 0 radical (unpaired) electrons. The molecule has 0 bridgehead atoms. The lowest BCUT2D eigenvalue weighted by Gasteiger charge is -2.33. The number of anilines is 1. The Hall–Kier alpha value is -4.96. The molecule has 2 aromatic heterocycles. The molecule has 244 valence electrons. The number of benzene rings is 2. The molecule has 47 heavy (non-hydrogen) atoms. The number of hydrogen-bond donors (Lipinski definition) is 2. The summed E-state index contributed by atoms with van der Waals surface area (Å²) in [4.78, 5) is 50.7. The molecule has 2 aliphatic rings. The Kier molecular flexibility index (Phi) is 8.63. The van der Waals surface area contributed by atoms with E-state index in [0.717, 1.165) is 28.1 Å². The molecule has 2 fully saturated rings. The van der Waals surface area contributed by atoms with Gasteiger partial charge < -0.3 is 25.0 Å². The Morgan fingerprint density at radius 3 is 2.72 bits per heavy atom. The van der Waals surface area contributed by atoms with E-state index >= 15 is 0 Å². The van der Waals surface area contributed by atoms with Crippen molar-refractivity contribution >= 4 is 40.1 Å². The van der Waals surface area contributed by atoms with Crippen molar-refractivity contribution in [3.63, 3.8) is 0 Å². The summed E-state index contributed by atoms with van der Waals surface area (Å²) >= 11 is 1.44. The Bertz CT molecular complexity index is 1940. The second kappa shape index (κ2) is 12.7. The molecule has 2 aliphatic heterocycles. The highest BCUT2D eigenvalue weighted by Gasteiger charge is 2.38. The smallest absolute Gasteiger partial charge is 0.410 e. The minimum atomic E-state index is -0.617. The molecular formula is C34H37N7O5S. The van der Waals surface area contributed by atoms with Gasteiger partial charge in [0.2, 0.25) is 0 Å². The third kappa shape index (κ3) is 6.92. The first-order valence-electron chi connectivity index (χ1n) is 15.6. The molecule has 0 aliphatic carbocycles. The van der Waals surface area contributed by atoms with Crippen molar-refractivity contribution in [1.82, 2.24) is 24.8 Å². The van der Waals surface area contributed by atoms with Crippen LogP contribution in [0.3, 0.4) is 0 Å². The maximum absolute atomic E-state index is 14.0. The van der Waals surface area contributed by atoms with E-state index in [1.807, 2.05) is 52.0 Å². The van der Waals surface area contributed by atoms with Crippen LogP contribution in [0.5, 0.6) is 0 Å². The molecule has 13 heteroatoms. The Labute approximate surface area is 276 Å². The van der Waals surface area contributed by atoms with Crippen LogP contribution in [-0.2, 0) is 16.0 Å². The van der Waals surface area contributed by atoms with E-state index in [1.54, 1.807) is 34.7 Å². The van der Waals surface area contributed by atoms with Gasteiger partial charge in [-0.25, -0.2) is 19.6 Å². The van der Waals surface area contributed by atoms with Crippen LogP contribution in [0.25, 0.3) is 21.5 Å². The van der Waals surface area contributed by atoms with Gasteiger partial charge in [-0.1, -0.05) is 12.1 Å². The normalized spacial score (nSPS) is 18.3. The number of ether oxygens (including phenoxy) is 2. The second-order valence-electron chi connectivity index (χ2n) is 13.0. The molecular weight excluding hydrogens is 618 g/mol. The summed E-state index contributed by atoms with van der Waals surface area (Å²) in [6.07, 6.45) is 2.39. The standard InChI is InChI=1S/C34H37N7O5S/c1-19(37-32(43)46-34(3,4)5)29-16-36-30(47-29)25-13-28-26(14-27(25)39-23-10-11-40-24(12-23)18-45-33(40)44)31(42)41(20(2)38-28)17-22-8-6-21(15-35)7-9-22/h6-9,13-14,16,19,23-24,39H,10-12,17-18H2,1-5H3,(H,37,43)/t19?,23-,24-/m0/s1. The van der Waals surface area contributed by atoms with E-state index in [2.05, 4.69) is 16.7 Å². The number of piperidine rings is 1. The average molecular weight is 656 g/mol. The molecule has 3 atom stereocenters. The largest absolute Gasteiger partial charge is 0.447 e. The zero-order valence-corrected chi connectivity index (χ0v) is 27.8. The van der Waals surface area contributed by atoms with Crippen LogP contribution in [0, 0.1) is 18.3 Å². The first-order valence-corrected chi connectivity index (χ1v) is 16.4. The number of hydrogen-bond acceptors (Lipinski definition) is 10. The van der Waals surface area contributed by atoms with Crippen molar-refractivity contribution in [3.05, 3.63) is 74.8 Å². The number of aryl methyl sites for hydroxylation is 1. The first-order chi connectivity index (χ1) is 22.4. The Balaban J connectivity index is 1.36. The van der Waals surface area contributed by atoms with Crippen LogP contribution in [0.1, 0.15) is 68.4 Å². The highest BCUT2D eigenvalue weighted by Crippen LogP contribution is 2.37. The van der Waals surface area contributed by atoms with Gasteiger partial charge >= 0.3 is 12.2 Å². The highest BCUT2D eigenvalue weighted by molar-refractivity contribution is 7.15. The first kappa shape index (κ1) is 32.0. The highest BCUT2D eigenvalue weighted by atomic mass is 32.1. The van der Waals surface area contributed by atoms with E-state index in [0.29, 0.717) is 53.4 Å². The van der Waals surface area contributed by atoms with Crippen LogP contribution in [-0.4, -0.2) is 62.5 Å². The number of nitrogens with one attached hydrogen (secondary N) is 2. The molecule has 2 saturated heterocycles. The summed E-state index contributed by atoms with van der Waals surface area (Å²) in [5.74, 6) is 0.562. The zero-order chi connectivity index (χ0) is 33.5. The van der Waals surface area contributed by atoms with E-state index in [-0.39, 0.29) is 29.8 Å². The third-order valence-corrected chi connectivity index (χ3v) is 9.54. The summed E-state index contributed by atoms with van der Waals surface area (Å²) in [7, 11) is 0. The Morgan fingerprint density at radius 2 is 2.00 bits per heavy atom. The number of nitrogens with zero attached hydrogens (tertiary/aromatic N) is 5. The number of amides is 2. The maximum atomic E-state index is 14.0. The van der Waals surface area contributed by atoms with Gasteiger partial charge in [-0.15, -0.1) is 11.3 Å². The lowest BCUT2D eigenvalue weighted by atomic mass is 9.97. The minimum Gasteiger partial charge on any atom is -0.447 e. The van der Waals surface area contributed by atoms with Crippen molar-refractivity contribution in [3.8, 4) is 16.6 Å². The van der Waals surface area contributed by atoms with Crippen molar-refractivity contribution in [2.24, 2.45) is 0 Å². The van der Waals surface area contributed by atoms with E-state index in [4.69, 9.17) is 24.7 Å². The summed E-state index contributed by atoms with van der Waals surface area (Å²) in [5, 5.41) is 16.9. The van der Waals surface area contributed by atoms with Gasteiger partial charge in [0, 0.05) is 34.9 Å². The molecule has 0 spiro atoms. The summed E-state index contributed by atoms with van der Waals surface area (Å²) in [6, 6.07) is 12.7. The fraction of sp³-hybridized carbons (Fsp3) is 0.412. The monoisotopic (exact) mass is 655 g/mol. The summed E-state index contributed by atoms with van der Waals surface area (Å²) in [6.45, 7) is 10.4. The van der Waals surface area contributed by atoms with E-state index in [9.17, 15) is 14.4 Å². The molecule has 4 heterocycles. The van der Waals surface area contributed by atoms with Gasteiger partial charge in [0.05, 0.1) is 41.2 Å². The number of carbonyl (C=O) groups is 2. The molecule has 1 unspecified atom stereocenters. The van der Waals surface area contributed by atoms with E-state index < -0.39 is 11.7 Å². The number of aromatic nitrogens is 3. The van der Waals surface area contributed by atoms with Crippen LogP contribution in [0.4, 0.5) is 15.3 Å². The molecule has 2 aromatic carbocycles. The summed E-state index contributed by atoms with van der Waals surface area (Å²) in [5.41, 5.74) is 2.72. The van der Waals surface area contributed by atoms with Crippen molar-refractivity contribution < 1.29 is 19.1 Å². The van der Waals surface area contributed by atoms with E-state index in [1.165, 1.54) is 11.3 Å². The molecule has 12 nitrogen and oxygen atoms in total. The van der Waals surface area contributed by atoms with Gasteiger partial charge in [0.25, 0.3) is 5.56 Å².